The van der Waals surface area contributed by atoms with E-state index in [1.165, 1.54) is 77.0 Å². The molecule has 1 unspecified atom stereocenters. The lowest BCUT2D eigenvalue weighted by Crippen LogP contribution is -2.30. The Hall–Kier alpha value is -4.19. The Bertz CT molecular complexity index is 1420. The topological polar surface area (TPSA) is 78.9 Å². The zero-order valence-electron chi connectivity index (χ0n) is 42.4. The summed E-state index contributed by atoms with van der Waals surface area (Å²) in [4.78, 5) is 38.0. The fourth-order valence-electron chi connectivity index (χ4n) is 6.84. The maximum Gasteiger partial charge on any atom is 0.306 e. The van der Waals surface area contributed by atoms with Gasteiger partial charge in [-0.1, -0.05) is 219 Å². The number of esters is 3. The second-order valence-corrected chi connectivity index (χ2v) is 17.1. The summed E-state index contributed by atoms with van der Waals surface area (Å²) in [5.74, 6) is -0.991. The van der Waals surface area contributed by atoms with Gasteiger partial charge in [-0.2, -0.15) is 0 Å². The van der Waals surface area contributed by atoms with Crippen LogP contribution < -0.4 is 0 Å². The first-order chi connectivity index (χ1) is 32.5. The van der Waals surface area contributed by atoms with Crippen LogP contribution in [-0.2, 0) is 28.6 Å². The van der Waals surface area contributed by atoms with E-state index in [1.807, 2.05) is 36.5 Å². The summed E-state index contributed by atoms with van der Waals surface area (Å²) in [6.07, 6.45) is 73.3. The van der Waals surface area contributed by atoms with Gasteiger partial charge in [0.25, 0.3) is 0 Å². The van der Waals surface area contributed by atoms with Crippen molar-refractivity contribution in [1.82, 2.24) is 0 Å². The average Bonchev–Trinajstić information content (AvgIpc) is 3.31. The molecule has 0 rings (SSSR count). The predicted octanol–water partition coefficient (Wildman–Crippen LogP) is 17.7. The molecular formula is C60H96O6. The monoisotopic (exact) mass is 913 g/mol. The highest BCUT2D eigenvalue weighted by atomic mass is 16.6. The van der Waals surface area contributed by atoms with Crippen molar-refractivity contribution in [3.63, 3.8) is 0 Å². The van der Waals surface area contributed by atoms with Crippen molar-refractivity contribution in [2.75, 3.05) is 13.2 Å². The molecule has 0 N–H and O–H groups in total. The van der Waals surface area contributed by atoms with Crippen LogP contribution >= 0.6 is 0 Å². The van der Waals surface area contributed by atoms with Gasteiger partial charge in [-0.15, -0.1) is 0 Å². The van der Waals surface area contributed by atoms with Crippen molar-refractivity contribution in [2.45, 2.75) is 226 Å². The van der Waals surface area contributed by atoms with Gasteiger partial charge in [0.2, 0.25) is 0 Å². The van der Waals surface area contributed by atoms with Crippen LogP contribution in [0.3, 0.4) is 0 Å². The number of unbranched alkanes of at least 4 members (excludes halogenated alkanes) is 19. The summed E-state index contributed by atoms with van der Waals surface area (Å²) >= 11 is 0. The molecule has 372 valence electrons. The Balaban J connectivity index is 4.48. The smallest absolute Gasteiger partial charge is 0.306 e. The fraction of sp³-hybridized carbons (Fsp3) is 0.617. The highest BCUT2D eigenvalue weighted by molar-refractivity contribution is 5.71. The number of hydrogen-bond acceptors (Lipinski definition) is 6. The maximum absolute atomic E-state index is 12.8. The Kier molecular flexibility index (Phi) is 50.0. The van der Waals surface area contributed by atoms with Crippen molar-refractivity contribution < 1.29 is 28.6 Å². The van der Waals surface area contributed by atoms with Gasteiger partial charge in [0.05, 0.1) is 0 Å². The minimum atomic E-state index is -0.816. The second kappa shape index (κ2) is 53.4. The normalized spacial score (nSPS) is 13.1. The summed E-state index contributed by atoms with van der Waals surface area (Å²) in [7, 11) is 0. The summed E-state index contributed by atoms with van der Waals surface area (Å²) < 4.78 is 16.8. The fourth-order valence-corrected chi connectivity index (χ4v) is 6.84. The van der Waals surface area contributed by atoms with Gasteiger partial charge >= 0.3 is 17.9 Å². The lowest BCUT2D eigenvalue weighted by Gasteiger charge is -2.18. The van der Waals surface area contributed by atoms with Gasteiger partial charge in [0.15, 0.2) is 6.10 Å². The third kappa shape index (κ3) is 50.8. The van der Waals surface area contributed by atoms with Crippen molar-refractivity contribution in [3.8, 4) is 0 Å². The molecular weight excluding hydrogens is 817 g/mol. The maximum atomic E-state index is 12.8. The number of hydrogen-bond donors (Lipinski definition) is 0. The van der Waals surface area contributed by atoms with Crippen molar-refractivity contribution in [1.29, 1.82) is 0 Å². The van der Waals surface area contributed by atoms with Crippen LogP contribution in [0.4, 0.5) is 0 Å². The van der Waals surface area contributed by atoms with E-state index in [0.717, 1.165) is 96.3 Å². The molecule has 1 atom stereocenters. The molecule has 0 saturated heterocycles. The summed E-state index contributed by atoms with van der Waals surface area (Å²) in [6.45, 7) is 6.28. The van der Waals surface area contributed by atoms with E-state index in [2.05, 4.69) is 106 Å². The average molecular weight is 913 g/mol. The Morgan fingerprint density at radius 2 is 0.667 bits per heavy atom. The molecule has 0 aliphatic carbocycles. The largest absolute Gasteiger partial charge is 0.462 e. The third-order valence-corrected chi connectivity index (χ3v) is 10.8. The van der Waals surface area contributed by atoms with E-state index < -0.39 is 6.10 Å². The van der Waals surface area contributed by atoms with Gasteiger partial charge in [0.1, 0.15) is 13.2 Å². The molecule has 6 heteroatoms. The first kappa shape index (κ1) is 61.8. The summed E-state index contributed by atoms with van der Waals surface area (Å²) in [5, 5.41) is 0. The first-order valence-corrected chi connectivity index (χ1v) is 26.6. The van der Waals surface area contributed by atoms with Gasteiger partial charge in [-0.3, -0.25) is 14.4 Å². The molecule has 0 saturated carbocycles. The molecule has 6 nitrogen and oxygen atoms in total. The lowest BCUT2D eigenvalue weighted by atomic mass is 10.1. The molecule has 0 bridgehead atoms. The number of allylic oxidation sites excluding steroid dienone is 20. The SMILES string of the molecule is CC/C=C/C=C/C=C/C=C/CCCCCC(=O)OCC(COC(=O)CCCCCCCCCCCC/C=C/C=C/CCCCC)OC(=O)CCCCC/C=C/C/C=C/C/C=C/C/C=C/CC. The first-order valence-electron chi connectivity index (χ1n) is 26.6. The van der Waals surface area contributed by atoms with E-state index >= 15 is 0 Å². The molecule has 0 amide bonds. The van der Waals surface area contributed by atoms with Gasteiger partial charge < -0.3 is 14.2 Å². The molecule has 0 spiro atoms. The molecule has 0 aromatic rings. The Morgan fingerprint density at radius 3 is 1.14 bits per heavy atom. The van der Waals surface area contributed by atoms with Crippen LogP contribution in [0.25, 0.3) is 0 Å². The zero-order valence-corrected chi connectivity index (χ0v) is 42.4. The van der Waals surface area contributed by atoms with Crippen molar-refractivity contribution in [2.24, 2.45) is 0 Å². The number of rotatable bonds is 46. The molecule has 0 radical (unpaired) electrons. The highest BCUT2D eigenvalue weighted by Gasteiger charge is 2.19. The van der Waals surface area contributed by atoms with Gasteiger partial charge in [0, 0.05) is 19.3 Å². The number of carbonyl (C=O) groups is 3. The van der Waals surface area contributed by atoms with Crippen LogP contribution in [0.1, 0.15) is 220 Å². The van der Waals surface area contributed by atoms with Crippen molar-refractivity contribution >= 4 is 17.9 Å². The Labute approximate surface area is 405 Å². The molecule has 0 aliphatic rings. The van der Waals surface area contributed by atoms with Crippen LogP contribution in [0, 0.1) is 0 Å². The number of ether oxygens (including phenoxy) is 3. The van der Waals surface area contributed by atoms with E-state index in [9.17, 15) is 14.4 Å². The summed E-state index contributed by atoms with van der Waals surface area (Å²) in [6, 6.07) is 0. The highest BCUT2D eigenvalue weighted by Crippen LogP contribution is 2.14. The van der Waals surface area contributed by atoms with E-state index in [1.54, 1.807) is 0 Å². The zero-order chi connectivity index (χ0) is 47.9. The quantitative estimate of drug-likeness (QED) is 0.0199. The Morgan fingerprint density at radius 1 is 0.333 bits per heavy atom. The molecule has 0 aromatic carbocycles. The molecule has 0 aromatic heterocycles. The minimum absolute atomic E-state index is 0.109. The molecule has 0 aliphatic heterocycles. The number of carbonyl (C=O) groups excluding carboxylic acids is 3. The molecule has 66 heavy (non-hydrogen) atoms. The van der Waals surface area contributed by atoms with Crippen LogP contribution in [0.15, 0.2) is 122 Å². The van der Waals surface area contributed by atoms with E-state index in [4.69, 9.17) is 14.2 Å². The van der Waals surface area contributed by atoms with E-state index in [-0.39, 0.29) is 37.5 Å². The van der Waals surface area contributed by atoms with Gasteiger partial charge in [-0.05, 0) is 103 Å². The van der Waals surface area contributed by atoms with Crippen LogP contribution in [-0.4, -0.2) is 37.2 Å². The molecule has 0 fully saturated rings. The van der Waals surface area contributed by atoms with Gasteiger partial charge in [-0.25, -0.2) is 0 Å². The van der Waals surface area contributed by atoms with E-state index in [0.29, 0.717) is 19.3 Å². The minimum Gasteiger partial charge on any atom is -0.462 e. The summed E-state index contributed by atoms with van der Waals surface area (Å²) in [5.41, 5.74) is 0. The van der Waals surface area contributed by atoms with Crippen LogP contribution in [0.5, 0.6) is 0 Å². The molecule has 0 heterocycles. The predicted molar refractivity (Wildman–Crippen MR) is 283 cm³/mol. The van der Waals surface area contributed by atoms with Crippen molar-refractivity contribution in [3.05, 3.63) is 122 Å². The lowest BCUT2D eigenvalue weighted by molar-refractivity contribution is -0.167. The standard InChI is InChI=1S/C60H96O6/c1-4-7-10-13-16-19-22-25-27-29-30-31-33-35-38-41-44-47-50-53-59(62)65-56-57(55-64-58(61)52-49-46-43-40-37-34-24-21-18-15-12-9-6-3)66-60(63)54-51-48-45-42-39-36-32-28-26-23-20-17-14-11-8-5-2/h8-9,11-12,15-22,24-26,28,34,36-37,39,57H,4-7,10,13-14,23,27,29-33,35,38,40-56H2,1-3H3/b11-8+,12-9+,18-15+,19-16+,20-17+,24-21+,25-22+,28-26+,37-34+,39-36+. The third-order valence-electron chi connectivity index (χ3n) is 10.8. The van der Waals surface area contributed by atoms with Crippen LogP contribution in [0.2, 0.25) is 0 Å². The second-order valence-electron chi connectivity index (χ2n) is 17.1.